The predicted molar refractivity (Wildman–Crippen MR) is 73.3 cm³/mol. The van der Waals surface area contributed by atoms with Crippen molar-refractivity contribution in [1.82, 2.24) is 4.90 Å². The molecule has 0 aromatic carbocycles. The van der Waals surface area contributed by atoms with Crippen LogP contribution < -0.4 is 0 Å². The van der Waals surface area contributed by atoms with Crippen LogP contribution in [0.3, 0.4) is 0 Å². The van der Waals surface area contributed by atoms with Crippen LogP contribution in [0.15, 0.2) is 11.6 Å². The third-order valence-electron chi connectivity index (χ3n) is 7.43. The number of carbonyl (C=O) groups is 1. The zero-order chi connectivity index (χ0) is 12.8. The molecule has 102 valence electrons. The van der Waals surface area contributed by atoms with Crippen LogP contribution in [-0.4, -0.2) is 23.9 Å². The van der Waals surface area contributed by atoms with E-state index in [-0.39, 0.29) is 0 Å². The van der Waals surface area contributed by atoms with Gasteiger partial charge >= 0.3 is 0 Å². The molecule has 19 heavy (non-hydrogen) atoms. The van der Waals surface area contributed by atoms with Gasteiger partial charge in [-0.05, 0) is 68.1 Å². The smallest absolute Gasteiger partial charge is 0.226 e. The quantitative estimate of drug-likeness (QED) is 0.661. The summed E-state index contributed by atoms with van der Waals surface area (Å²) >= 11 is 0. The molecule has 3 saturated carbocycles. The molecule has 1 saturated heterocycles. The zero-order valence-corrected chi connectivity index (χ0v) is 11.8. The van der Waals surface area contributed by atoms with Crippen LogP contribution in [0.25, 0.3) is 0 Å². The fraction of sp³-hybridized carbons (Fsp3) is 0.824. The lowest BCUT2D eigenvalue weighted by Gasteiger charge is -2.48. The lowest BCUT2D eigenvalue weighted by Crippen LogP contribution is -2.53. The lowest BCUT2D eigenvalue weighted by atomic mass is 9.59. The van der Waals surface area contributed by atoms with Gasteiger partial charge in [-0.25, -0.2) is 0 Å². The molecule has 0 aromatic rings. The number of hydrogen-bond acceptors (Lipinski definition) is 1. The summed E-state index contributed by atoms with van der Waals surface area (Å²) in [5.41, 5.74) is 2.11. The van der Waals surface area contributed by atoms with Gasteiger partial charge in [0, 0.05) is 19.0 Å². The van der Waals surface area contributed by atoms with E-state index in [9.17, 15) is 4.79 Å². The molecule has 2 nitrogen and oxygen atoms in total. The van der Waals surface area contributed by atoms with Crippen LogP contribution in [0.1, 0.15) is 39.0 Å². The number of hydrogen-bond donors (Lipinski definition) is 0. The SMILES string of the molecule is CCN1CCC2C3CC4(CC5=CCC3C4C5)C2C1=O. The Labute approximate surface area is 115 Å². The minimum absolute atomic E-state index is 0.399. The maximum absolute atomic E-state index is 12.9. The van der Waals surface area contributed by atoms with Gasteiger partial charge in [0.1, 0.15) is 0 Å². The Hall–Kier alpha value is -0.790. The van der Waals surface area contributed by atoms with Gasteiger partial charge in [0.2, 0.25) is 5.91 Å². The Morgan fingerprint density at radius 2 is 2.26 bits per heavy atom. The van der Waals surface area contributed by atoms with Gasteiger partial charge in [-0.2, -0.15) is 0 Å². The molecule has 0 aromatic heterocycles. The Bertz CT molecular complexity index is 495. The highest BCUT2D eigenvalue weighted by Crippen LogP contribution is 2.75. The molecule has 1 aliphatic heterocycles. The van der Waals surface area contributed by atoms with E-state index in [1.807, 2.05) is 0 Å². The first-order valence-electron chi connectivity index (χ1n) is 8.21. The highest BCUT2D eigenvalue weighted by molar-refractivity contribution is 5.82. The Balaban J connectivity index is 1.62. The lowest BCUT2D eigenvalue weighted by molar-refractivity contribution is -0.149. The number of carbonyl (C=O) groups excluding carboxylic acids is 1. The van der Waals surface area contributed by atoms with Gasteiger partial charge in [0.15, 0.2) is 0 Å². The first-order valence-corrected chi connectivity index (χ1v) is 8.21. The highest BCUT2D eigenvalue weighted by atomic mass is 16.2. The normalized spacial score (nSPS) is 53.5. The molecular weight excluding hydrogens is 234 g/mol. The van der Waals surface area contributed by atoms with Crippen molar-refractivity contribution < 1.29 is 4.79 Å². The molecule has 1 amide bonds. The first kappa shape index (κ1) is 10.9. The largest absolute Gasteiger partial charge is 0.343 e. The van der Waals surface area contributed by atoms with E-state index in [1.165, 1.54) is 32.1 Å². The number of amides is 1. The number of fused-ring (bicyclic) bond motifs is 5. The molecule has 1 spiro atoms. The average Bonchev–Trinajstić information content (AvgIpc) is 2.99. The van der Waals surface area contributed by atoms with Gasteiger partial charge in [-0.1, -0.05) is 11.6 Å². The van der Waals surface area contributed by atoms with Crippen molar-refractivity contribution in [1.29, 1.82) is 0 Å². The van der Waals surface area contributed by atoms with Gasteiger partial charge in [-0.15, -0.1) is 0 Å². The van der Waals surface area contributed by atoms with Crippen molar-refractivity contribution in [3.05, 3.63) is 11.6 Å². The summed E-state index contributed by atoms with van der Waals surface area (Å²) in [7, 11) is 0. The average molecular weight is 257 g/mol. The van der Waals surface area contributed by atoms with Crippen LogP contribution in [0, 0.1) is 35.0 Å². The number of allylic oxidation sites excluding steroid dienone is 2. The van der Waals surface area contributed by atoms with Gasteiger partial charge in [0.25, 0.3) is 0 Å². The third kappa shape index (κ3) is 1.06. The molecule has 6 atom stereocenters. The molecule has 4 bridgehead atoms. The summed E-state index contributed by atoms with van der Waals surface area (Å²) in [5.74, 6) is 4.36. The number of nitrogens with zero attached hydrogens (tertiary/aromatic N) is 1. The summed E-state index contributed by atoms with van der Waals surface area (Å²) in [6.45, 7) is 4.09. The number of rotatable bonds is 1. The summed E-state index contributed by atoms with van der Waals surface area (Å²) < 4.78 is 0. The Kier molecular flexibility index (Phi) is 1.88. The molecule has 1 heterocycles. The van der Waals surface area contributed by atoms with E-state index in [1.54, 1.807) is 5.57 Å². The fourth-order valence-electron chi connectivity index (χ4n) is 6.94. The second-order valence-corrected chi connectivity index (χ2v) is 7.70. The fourth-order valence-corrected chi connectivity index (χ4v) is 6.94. The van der Waals surface area contributed by atoms with Crippen LogP contribution in [0.5, 0.6) is 0 Å². The van der Waals surface area contributed by atoms with Crippen LogP contribution in [-0.2, 0) is 4.79 Å². The van der Waals surface area contributed by atoms with Crippen molar-refractivity contribution in [2.75, 3.05) is 13.1 Å². The molecule has 2 heteroatoms. The van der Waals surface area contributed by atoms with Crippen molar-refractivity contribution in [3.63, 3.8) is 0 Å². The molecule has 5 aliphatic rings. The summed E-state index contributed by atoms with van der Waals surface area (Å²) in [6.07, 6.45) is 9.15. The maximum Gasteiger partial charge on any atom is 0.226 e. The molecule has 4 aliphatic carbocycles. The minimum atomic E-state index is 0.399. The van der Waals surface area contributed by atoms with Crippen LogP contribution in [0.4, 0.5) is 0 Å². The van der Waals surface area contributed by atoms with Gasteiger partial charge in [-0.3, -0.25) is 4.79 Å². The van der Waals surface area contributed by atoms with E-state index < -0.39 is 0 Å². The first-order chi connectivity index (χ1) is 9.24. The van der Waals surface area contributed by atoms with Crippen molar-refractivity contribution in [2.24, 2.45) is 35.0 Å². The molecule has 6 unspecified atom stereocenters. The molecule has 4 fully saturated rings. The van der Waals surface area contributed by atoms with Crippen molar-refractivity contribution in [2.45, 2.75) is 39.0 Å². The van der Waals surface area contributed by atoms with Crippen LogP contribution >= 0.6 is 0 Å². The standard InChI is InChI=1S/C17H23NO/c1-2-18-6-5-12-13-9-17(15(12)16(18)19)8-10-3-4-11(13)14(17)7-10/h3,11-15H,2,4-9H2,1H3. The van der Waals surface area contributed by atoms with Crippen molar-refractivity contribution in [3.8, 4) is 0 Å². The van der Waals surface area contributed by atoms with Gasteiger partial charge < -0.3 is 4.90 Å². The number of piperidine rings is 1. The van der Waals surface area contributed by atoms with Crippen molar-refractivity contribution >= 4 is 5.91 Å². The number of likely N-dealkylation sites (tertiary alicyclic amines) is 1. The highest BCUT2D eigenvalue weighted by Gasteiger charge is 2.71. The zero-order valence-electron chi connectivity index (χ0n) is 11.8. The van der Waals surface area contributed by atoms with E-state index in [0.717, 1.165) is 36.8 Å². The maximum atomic E-state index is 12.9. The monoisotopic (exact) mass is 257 g/mol. The Morgan fingerprint density at radius 3 is 3.11 bits per heavy atom. The molecule has 0 N–H and O–H groups in total. The molecular formula is C17H23NO. The molecule has 5 rings (SSSR count). The molecule has 0 radical (unpaired) electrons. The predicted octanol–water partition coefficient (Wildman–Crippen LogP) is 2.85. The van der Waals surface area contributed by atoms with E-state index in [4.69, 9.17) is 0 Å². The third-order valence-corrected chi connectivity index (χ3v) is 7.43. The van der Waals surface area contributed by atoms with E-state index >= 15 is 0 Å². The topological polar surface area (TPSA) is 20.3 Å². The van der Waals surface area contributed by atoms with E-state index in [2.05, 4.69) is 17.9 Å². The Morgan fingerprint density at radius 1 is 1.37 bits per heavy atom. The summed E-state index contributed by atoms with van der Waals surface area (Å²) in [6, 6.07) is 0. The van der Waals surface area contributed by atoms with E-state index in [0.29, 0.717) is 17.2 Å². The second-order valence-electron chi connectivity index (χ2n) is 7.70. The van der Waals surface area contributed by atoms with Crippen LogP contribution in [0.2, 0.25) is 0 Å². The van der Waals surface area contributed by atoms with Gasteiger partial charge in [0.05, 0.1) is 0 Å². The summed E-state index contributed by atoms with van der Waals surface area (Å²) in [5, 5.41) is 0. The minimum Gasteiger partial charge on any atom is -0.343 e. The second kappa shape index (κ2) is 3.27. The summed E-state index contributed by atoms with van der Waals surface area (Å²) in [4.78, 5) is 15.0.